The Bertz CT molecular complexity index is 1770. The molecule has 0 aliphatic heterocycles. The third-order valence-corrected chi connectivity index (χ3v) is 13.7. The van der Waals surface area contributed by atoms with Gasteiger partial charge in [-0.15, -0.1) is 0 Å². The lowest BCUT2D eigenvalue weighted by Crippen LogP contribution is -2.61. The molecule has 8 saturated carbocycles. The molecule has 8 aliphatic carbocycles. The molecule has 1 spiro atoms. The molecule has 42 heavy (non-hydrogen) atoms. The third kappa shape index (κ3) is 2.88. The molecule has 208 valence electrons. The first-order chi connectivity index (χ1) is 20.7. The highest BCUT2D eigenvalue weighted by Gasteiger charge is 2.75. The van der Waals surface area contributed by atoms with Crippen LogP contribution in [0.5, 0.6) is 0 Å². The molecule has 2 heteroatoms. The van der Waals surface area contributed by atoms with Gasteiger partial charge < -0.3 is 0 Å². The molecule has 0 heterocycles. The van der Waals surface area contributed by atoms with Gasteiger partial charge in [-0.3, -0.25) is 9.98 Å². The fourth-order valence-electron chi connectivity index (χ4n) is 12.3. The van der Waals surface area contributed by atoms with Crippen molar-refractivity contribution in [1.29, 1.82) is 0 Å². The Labute approximate surface area is 248 Å². The van der Waals surface area contributed by atoms with Crippen LogP contribution >= 0.6 is 0 Å². The topological polar surface area (TPSA) is 24.7 Å². The zero-order valence-corrected chi connectivity index (χ0v) is 24.3. The SMILES string of the molecule is c1ccc2c(-c3c(N=C4C5CC6CC7CC4C67C5)ccc4ccccc34)c(N=C3C4CC5CC(C4)CC3C5)ccc2c1. The molecule has 4 aromatic rings. The fraction of sp³-hybridized carbons (Fsp3) is 0.450. The molecule has 0 N–H and O–H groups in total. The van der Waals surface area contributed by atoms with Crippen LogP contribution in [-0.2, 0) is 0 Å². The van der Waals surface area contributed by atoms with Gasteiger partial charge in [0, 0.05) is 28.5 Å². The van der Waals surface area contributed by atoms with Crippen LogP contribution in [-0.4, -0.2) is 11.4 Å². The van der Waals surface area contributed by atoms with Crippen molar-refractivity contribution in [2.45, 2.75) is 57.8 Å². The predicted octanol–water partition coefficient (Wildman–Crippen LogP) is 10.3. The summed E-state index contributed by atoms with van der Waals surface area (Å²) in [6, 6.07) is 27.3. The average molecular weight is 547 g/mol. The van der Waals surface area contributed by atoms with E-state index >= 15 is 0 Å². The minimum absolute atomic E-state index is 0.649. The molecule has 6 bridgehead atoms. The van der Waals surface area contributed by atoms with E-state index in [0.717, 1.165) is 29.6 Å². The van der Waals surface area contributed by atoms with Crippen LogP contribution in [0, 0.1) is 52.8 Å². The first kappa shape index (κ1) is 23.2. The van der Waals surface area contributed by atoms with Gasteiger partial charge in [0.15, 0.2) is 0 Å². The minimum atomic E-state index is 0.649. The molecule has 12 rings (SSSR count). The Kier molecular flexibility index (Phi) is 4.43. The summed E-state index contributed by atoms with van der Waals surface area (Å²) in [5.74, 6) is 6.76. The molecule has 8 fully saturated rings. The molecule has 5 unspecified atom stereocenters. The Morgan fingerprint density at radius 3 is 1.67 bits per heavy atom. The number of fused-ring (bicyclic) bond motifs is 3. The number of aliphatic imine (C=N–C) groups is 2. The van der Waals surface area contributed by atoms with Crippen LogP contribution in [0.1, 0.15) is 57.8 Å². The smallest absolute Gasteiger partial charge is 0.0715 e. The minimum Gasteiger partial charge on any atom is -0.257 e. The molecular weight excluding hydrogens is 508 g/mol. The average Bonchev–Trinajstić information content (AvgIpc) is 3.50. The van der Waals surface area contributed by atoms with Gasteiger partial charge in [-0.25, -0.2) is 0 Å². The Balaban J connectivity index is 1.16. The summed E-state index contributed by atoms with van der Waals surface area (Å²) in [7, 11) is 0. The monoisotopic (exact) mass is 546 g/mol. The Morgan fingerprint density at radius 1 is 0.500 bits per heavy atom. The second-order valence-corrected chi connectivity index (χ2v) is 15.4. The first-order valence-corrected chi connectivity index (χ1v) is 16.9. The normalized spacial score (nSPS) is 39.1. The summed E-state index contributed by atoms with van der Waals surface area (Å²) < 4.78 is 0. The van der Waals surface area contributed by atoms with E-state index in [1.54, 1.807) is 5.71 Å². The second kappa shape index (κ2) is 8.01. The van der Waals surface area contributed by atoms with Crippen LogP contribution in [0.15, 0.2) is 82.8 Å². The molecule has 0 amide bonds. The zero-order chi connectivity index (χ0) is 27.2. The largest absolute Gasteiger partial charge is 0.257 e. The highest BCUT2D eigenvalue weighted by molar-refractivity contribution is 6.14. The van der Waals surface area contributed by atoms with E-state index in [2.05, 4.69) is 72.8 Å². The van der Waals surface area contributed by atoms with Crippen LogP contribution in [0.25, 0.3) is 32.7 Å². The van der Waals surface area contributed by atoms with Crippen LogP contribution < -0.4 is 0 Å². The van der Waals surface area contributed by atoms with Gasteiger partial charge in [0.05, 0.1) is 11.4 Å². The van der Waals surface area contributed by atoms with Crippen molar-refractivity contribution in [2.75, 3.05) is 0 Å². The Hall–Kier alpha value is -3.26. The van der Waals surface area contributed by atoms with E-state index in [4.69, 9.17) is 9.98 Å². The maximum Gasteiger partial charge on any atom is 0.0715 e. The Morgan fingerprint density at radius 2 is 1.07 bits per heavy atom. The summed E-state index contributed by atoms with van der Waals surface area (Å²) in [4.78, 5) is 11.5. The van der Waals surface area contributed by atoms with Crippen molar-refractivity contribution in [1.82, 2.24) is 0 Å². The fourth-order valence-corrected chi connectivity index (χ4v) is 12.3. The molecule has 8 aliphatic rings. The lowest BCUT2D eigenvalue weighted by Gasteiger charge is -2.66. The van der Waals surface area contributed by atoms with Gasteiger partial charge >= 0.3 is 0 Å². The summed E-state index contributed by atoms with van der Waals surface area (Å²) in [5.41, 5.74) is 8.68. The number of rotatable bonds is 3. The van der Waals surface area contributed by atoms with Crippen molar-refractivity contribution in [3.05, 3.63) is 72.8 Å². The van der Waals surface area contributed by atoms with Gasteiger partial charge in [0.1, 0.15) is 0 Å². The van der Waals surface area contributed by atoms with Crippen LogP contribution in [0.3, 0.4) is 0 Å². The maximum absolute atomic E-state index is 5.74. The number of nitrogens with zero attached hydrogens (tertiary/aromatic N) is 2. The maximum atomic E-state index is 5.74. The van der Waals surface area contributed by atoms with Gasteiger partial charge in [-0.2, -0.15) is 0 Å². The van der Waals surface area contributed by atoms with E-state index in [1.807, 2.05) is 0 Å². The van der Waals surface area contributed by atoms with E-state index in [0.29, 0.717) is 23.2 Å². The van der Waals surface area contributed by atoms with Crippen molar-refractivity contribution >= 4 is 44.3 Å². The van der Waals surface area contributed by atoms with E-state index in [1.165, 1.54) is 108 Å². The van der Waals surface area contributed by atoms with E-state index < -0.39 is 0 Å². The zero-order valence-electron chi connectivity index (χ0n) is 24.3. The number of benzene rings is 4. The predicted molar refractivity (Wildman–Crippen MR) is 173 cm³/mol. The number of hydrogen-bond acceptors (Lipinski definition) is 2. The van der Waals surface area contributed by atoms with E-state index in [-0.39, 0.29) is 0 Å². The van der Waals surface area contributed by atoms with Crippen molar-refractivity contribution < 1.29 is 0 Å². The van der Waals surface area contributed by atoms with Crippen molar-refractivity contribution in [3.63, 3.8) is 0 Å². The summed E-state index contributed by atoms with van der Waals surface area (Å²) in [6.45, 7) is 0. The molecule has 2 nitrogen and oxygen atoms in total. The summed E-state index contributed by atoms with van der Waals surface area (Å²) >= 11 is 0. The van der Waals surface area contributed by atoms with Gasteiger partial charge in [-0.05, 0) is 138 Å². The quantitative estimate of drug-likeness (QED) is 0.244. The molecule has 4 aromatic carbocycles. The summed E-state index contributed by atoms with van der Waals surface area (Å²) in [5, 5.41) is 5.23. The van der Waals surface area contributed by atoms with Gasteiger partial charge in [0.25, 0.3) is 0 Å². The van der Waals surface area contributed by atoms with Crippen LogP contribution in [0.2, 0.25) is 0 Å². The molecule has 0 radical (unpaired) electrons. The molecule has 0 aromatic heterocycles. The molecule has 0 saturated heterocycles. The van der Waals surface area contributed by atoms with Crippen molar-refractivity contribution in [3.8, 4) is 11.1 Å². The summed E-state index contributed by atoms with van der Waals surface area (Å²) in [6.07, 6.45) is 12.7. The lowest BCUT2D eigenvalue weighted by atomic mass is 9.38. The molecular formula is C40H38N2. The standard InChI is InChI=1S/C40H38N2/c1-3-7-31-24(5-1)9-11-34(41-38-26-14-22-13-23(16-26)17-27(38)15-22)36(31)37-32-8-4-2-6-25(32)10-12-35(37)42-39-28-18-29-19-30-20-33(39)40(29,30)21-28/h1-12,22-23,26-30,33H,13-21H2. The van der Waals surface area contributed by atoms with Crippen LogP contribution in [0.4, 0.5) is 11.4 Å². The molecule has 5 atom stereocenters. The first-order valence-electron chi connectivity index (χ1n) is 16.9. The van der Waals surface area contributed by atoms with Gasteiger partial charge in [0.2, 0.25) is 0 Å². The lowest BCUT2D eigenvalue weighted by molar-refractivity contribution is -0.147. The third-order valence-electron chi connectivity index (χ3n) is 13.7. The second-order valence-electron chi connectivity index (χ2n) is 15.4. The number of hydrogen-bond donors (Lipinski definition) is 0. The highest BCUT2D eigenvalue weighted by Crippen LogP contribution is 2.80. The van der Waals surface area contributed by atoms with E-state index in [9.17, 15) is 0 Å². The highest BCUT2D eigenvalue weighted by atomic mass is 14.9. The van der Waals surface area contributed by atoms with Gasteiger partial charge in [-0.1, -0.05) is 60.7 Å². The van der Waals surface area contributed by atoms with Crippen molar-refractivity contribution in [2.24, 2.45) is 62.7 Å².